The van der Waals surface area contributed by atoms with Gasteiger partial charge in [0.2, 0.25) is 0 Å². The highest BCUT2D eigenvalue weighted by Gasteiger charge is 2.52. The lowest BCUT2D eigenvalue weighted by atomic mass is 9.74. The van der Waals surface area contributed by atoms with Gasteiger partial charge in [0.1, 0.15) is 11.4 Å². The molecule has 0 radical (unpaired) electrons. The van der Waals surface area contributed by atoms with Gasteiger partial charge in [-0.3, -0.25) is 20.1 Å². The molecular formula is C25H25ClFN5O2. The monoisotopic (exact) mass is 481 g/mol. The number of urea groups is 1. The van der Waals surface area contributed by atoms with Gasteiger partial charge in [0.15, 0.2) is 0 Å². The number of benzene rings is 2. The highest BCUT2D eigenvalue weighted by molar-refractivity contribution is 6.30. The zero-order valence-electron chi connectivity index (χ0n) is 18.5. The molecule has 3 aromatic rings. The number of likely N-dealkylation sites (tertiary alicyclic amines) is 1. The Balaban J connectivity index is 1.30. The van der Waals surface area contributed by atoms with Gasteiger partial charge in [0.05, 0.1) is 11.9 Å². The van der Waals surface area contributed by atoms with Crippen molar-refractivity contribution in [3.8, 4) is 11.3 Å². The van der Waals surface area contributed by atoms with Gasteiger partial charge in [-0.15, -0.1) is 0 Å². The fourth-order valence-electron chi connectivity index (χ4n) is 5.13. The number of carbonyl (C=O) groups excluding carboxylic acids is 2. The van der Waals surface area contributed by atoms with Crippen LogP contribution < -0.4 is 10.6 Å². The van der Waals surface area contributed by atoms with Crippen LogP contribution in [0.5, 0.6) is 0 Å². The van der Waals surface area contributed by atoms with Crippen molar-refractivity contribution in [1.29, 1.82) is 0 Å². The number of nitrogens with zero attached hydrogens (tertiary/aromatic N) is 2. The average Bonchev–Trinajstić information content (AvgIpc) is 3.40. The van der Waals surface area contributed by atoms with Gasteiger partial charge >= 0.3 is 6.03 Å². The van der Waals surface area contributed by atoms with E-state index in [0.29, 0.717) is 30.0 Å². The summed E-state index contributed by atoms with van der Waals surface area (Å²) in [5, 5.41) is 13.2. The molecule has 1 atom stereocenters. The molecule has 5 rings (SSSR count). The van der Waals surface area contributed by atoms with E-state index in [-0.39, 0.29) is 24.1 Å². The lowest BCUT2D eigenvalue weighted by molar-refractivity contribution is -0.126. The number of carbonyl (C=O) groups is 2. The van der Waals surface area contributed by atoms with E-state index in [9.17, 15) is 14.0 Å². The summed E-state index contributed by atoms with van der Waals surface area (Å²) in [5.41, 5.74) is 2.33. The van der Waals surface area contributed by atoms with Crippen molar-refractivity contribution in [2.45, 2.75) is 31.3 Å². The van der Waals surface area contributed by atoms with Gasteiger partial charge in [0, 0.05) is 23.6 Å². The Morgan fingerprint density at radius 1 is 1.06 bits per heavy atom. The number of hydrogen-bond donors (Lipinski definition) is 3. The van der Waals surface area contributed by atoms with Crippen LogP contribution in [0.3, 0.4) is 0 Å². The number of aromatic amines is 1. The molecule has 0 spiro atoms. The van der Waals surface area contributed by atoms with Crippen molar-refractivity contribution >= 4 is 23.5 Å². The van der Waals surface area contributed by atoms with Gasteiger partial charge in [-0.2, -0.15) is 5.10 Å². The Bertz CT molecular complexity index is 1210. The van der Waals surface area contributed by atoms with E-state index in [4.69, 9.17) is 11.6 Å². The molecule has 3 N–H and O–H groups in total. The minimum Gasteiger partial charge on any atom is -0.323 e. The predicted molar refractivity (Wildman–Crippen MR) is 127 cm³/mol. The summed E-state index contributed by atoms with van der Waals surface area (Å²) in [6, 6.07) is 13.5. The van der Waals surface area contributed by atoms with Crippen LogP contribution in [0, 0.1) is 11.7 Å². The van der Waals surface area contributed by atoms with Crippen molar-refractivity contribution in [3.05, 3.63) is 76.7 Å². The maximum atomic E-state index is 14.4. The van der Waals surface area contributed by atoms with Crippen LogP contribution in [-0.2, 0) is 17.8 Å². The van der Waals surface area contributed by atoms with E-state index in [1.54, 1.807) is 18.2 Å². The molecule has 2 saturated heterocycles. The molecule has 3 amide bonds. The third-order valence-corrected chi connectivity index (χ3v) is 7.18. The summed E-state index contributed by atoms with van der Waals surface area (Å²) in [4.78, 5) is 27.3. The Hall–Kier alpha value is -3.23. The molecule has 0 aliphatic carbocycles. The molecule has 2 aliphatic rings. The summed E-state index contributed by atoms with van der Waals surface area (Å²) in [5.74, 6) is -0.850. The van der Waals surface area contributed by atoms with Crippen LogP contribution >= 0.6 is 11.6 Å². The number of rotatable bonds is 6. The largest absolute Gasteiger partial charge is 0.323 e. The first-order valence-electron chi connectivity index (χ1n) is 11.3. The van der Waals surface area contributed by atoms with Crippen molar-refractivity contribution in [2.75, 3.05) is 13.1 Å². The minimum atomic E-state index is -1.14. The number of halogens is 2. The summed E-state index contributed by atoms with van der Waals surface area (Å²) in [7, 11) is 0. The summed E-state index contributed by atoms with van der Waals surface area (Å²) >= 11 is 6.02. The third-order valence-electron chi connectivity index (χ3n) is 6.93. The molecule has 1 aromatic heterocycles. The van der Waals surface area contributed by atoms with Crippen molar-refractivity contribution in [3.63, 3.8) is 0 Å². The minimum absolute atomic E-state index is 0.102. The average molecular weight is 482 g/mol. The van der Waals surface area contributed by atoms with Crippen LogP contribution in [0.2, 0.25) is 5.02 Å². The van der Waals surface area contributed by atoms with Crippen LogP contribution in [0.1, 0.15) is 24.0 Å². The van der Waals surface area contributed by atoms with E-state index in [1.807, 2.05) is 30.5 Å². The second kappa shape index (κ2) is 9.19. The molecule has 7 nitrogen and oxygen atoms in total. The van der Waals surface area contributed by atoms with Gasteiger partial charge < -0.3 is 5.32 Å². The predicted octanol–water partition coefficient (Wildman–Crippen LogP) is 3.90. The molecule has 2 aliphatic heterocycles. The number of imide groups is 1. The molecule has 9 heteroatoms. The quantitative estimate of drug-likeness (QED) is 0.466. The van der Waals surface area contributed by atoms with E-state index in [2.05, 4.69) is 25.7 Å². The SMILES string of the molecule is O=C1NC(=O)C(Cc2ccccc2F)(C2CCN(Cc3cn[nH]c3-c3ccc(Cl)cc3)CC2)N1. The topological polar surface area (TPSA) is 90.1 Å². The van der Waals surface area contributed by atoms with E-state index in [0.717, 1.165) is 29.9 Å². The molecule has 3 heterocycles. The second-order valence-electron chi connectivity index (χ2n) is 8.98. The Morgan fingerprint density at radius 2 is 1.79 bits per heavy atom. The molecule has 0 saturated carbocycles. The summed E-state index contributed by atoms with van der Waals surface area (Å²) in [6.07, 6.45) is 3.37. The normalized spacial score (nSPS) is 21.5. The second-order valence-corrected chi connectivity index (χ2v) is 9.41. The number of hydrogen-bond acceptors (Lipinski definition) is 4. The first kappa shape index (κ1) is 22.6. The number of H-pyrrole nitrogens is 1. The molecular weight excluding hydrogens is 457 g/mol. The summed E-state index contributed by atoms with van der Waals surface area (Å²) in [6.45, 7) is 2.20. The number of piperidine rings is 1. The smallest absolute Gasteiger partial charge is 0.322 e. The van der Waals surface area contributed by atoms with Gasteiger partial charge in [-0.1, -0.05) is 41.9 Å². The first-order valence-corrected chi connectivity index (χ1v) is 11.7. The molecule has 2 fully saturated rings. The van der Waals surface area contributed by atoms with E-state index in [1.165, 1.54) is 6.07 Å². The fourth-order valence-corrected chi connectivity index (χ4v) is 5.25. The molecule has 2 aromatic carbocycles. The lowest BCUT2D eigenvalue weighted by Gasteiger charge is -2.40. The van der Waals surface area contributed by atoms with Gasteiger partial charge in [-0.05, 0) is 61.2 Å². The van der Waals surface area contributed by atoms with Gasteiger partial charge in [-0.25, -0.2) is 9.18 Å². The molecule has 34 heavy (non-hydrogen) atoms. The Kier molecular flexibility index (Phi) is 6.10. The van der Waals surface area contributed by atoms with Crippen LogP contribution in [-0.4, -0.2) is 45.7 Å². The van der Waals surface area contributed by atoms with E-state index < -0.39 is 11.6 Å². The standard InChI is InChI=1S/C25H25ClFN5O2/c26-20-7-5-16(6-8-20)22-18(14-28-31-22)15-32-11-9-19(10-12-32)25(23(33)29-24(34)30-25)13-17-3-1-2-4-21(17)27/h1-8,14,19H,9-13,15H2,(H,28,31)(H2,29,30,33,34). The number of aromatic nitrogens is 2. The Labute approximate surface area is 201 Å². The highest BCUT2D eigenvalue weighted by atomic mass is 35.5. The van der Waals surface area contributed by atoms with Crippen LogP contribution in [0.15, 0.2) is 54.7 Å². The maximum absolute atomic E-state index is 14.4. The van der Waals surface area contributed by atoms with Crippen molar-refractivity contribution in [2.24, 2.45) is 5.92 Å². The molecule has 176 valence electrons. The Morgan fingerprint density at radius 3 is 2.47 bits per heavy atom. The van der Waals surface area contributed by atoms with Gasteiger partial charge in [0.25, 0.3) is 5.91 Å². The first-order chi connectivity index (χ1) is 16.4. The molecule has 0 bridgehead atoms. The molecule has 1 unspecified atom stereocenters. The van der Waals surface area contributed by atoms with Crippen molar-refractivity contribution < 1.29 is 14.0 Å². The highest BCUT2D eigenvalue weighted by Crippen LogP contribution is 2.35. The van der Waals surface area contributed by atoms with Crippen LogP contribution in [0.4, 0.5) is 9.18 Å². The fraction of sp³-hybridized carbons (Fsp3) is 0.320. The lowest BCUT2D eigenvalue weighted by Crippen LogP contribution is -2.57. The maximum Gasteiger partial charge on any atom is 0.322 e. The summed E-state index contributed by atoms with van der Waals surface area (Å²) < 4.78 is 14.4. The van der Waals surface area contributed by atoms with Crippen molar-refractivity contribution in [1.82, 2.24) is 25.7 Å². The van der Waals surface area contributed by atoms with Crippen LogP contribution in [0.25, 0.3) is 11.3 Å². The zero-order chi connectivity index (χ0) is 23.7. The third kappa shape index (κ3) is 4.31. The number of nitrogens with one attached hydrogen (secondary N) is 3. The van der Waals surface area contributed by atoms with E-state index >= 15 is 0 Å². The zero-order valence-corrected chi connectivity index (χ0v) is 19.2. The number of amides is 3.